The zero-order valence-corrected chi connectivity index (χ0v) is 14.2. The summed E-state index contributed by atoms with van der Waals surface area (Å²) in [5.41, 5.74) is 1.24. The highest BCUT2D eigenvalue weighted by molar-refractivity contribution is 5.93. The number of carbonyl (C=O) groups excluding carboxylic acids is 1. The van der Waals surface area contributed by atoms with E-state index >= 15 is 0 Å². The van der Waals surface area contributed by atoms with Crippen LogP contribution in [0.3, 0.4) is 0 Å². The molecule has 0 saturated carbocycles. The topological polar surface area (TPSA) is 51.1 Å². The average Bonchev–Trinajstić information content (AvgIpc) is 2.66. The summed E-state index contributed by atoms with van der Waals surface area (Å²) in [6.07, 6.45) is 2.02. The van der Waals surface area contributed by atoms with E-state index in [0.717, 1.165) is 5.56 Å². The zero-order valence-electron chi connectivity index (χ0n) is 14.2. The van der Waals surface area contributed by atoms with Crippen molar-refractivity contribution in [2.75, 3.05) is 6.54 Å². The van der Waals surface area contributed by atoms with E-state index in [1.807, 2.05) is 30.3 Å². The Balaban J connectivity index is 1.67. The van der Waals surface area contributed by atoms with Gasteiger partial charge < -0.3 is 9.88 Å². The molecule has 0 spiro atoms. The first-order valence-corrected chi connectivity index (χ1v) is 8.40. The van der Waals surface area contributed by atoms with Gasteiger partial charge in [0.25, 0.3) is 11.5 Å². The van der Waals surface area contributed by atoms with Crippen molar-refractivity contribution in [3.05, 3.63) is 106 Å². The quantitative estimate of drug-likeness (QED) is 0.743. The molecule has 0 aliphatic rings. The molecule has 0 aliphatic heterocycles. The second-order valence-corrected chi connectivity index (χ2v) is 5.94. The number of nitrogens with zero attached hydrogens (tertiary/aromatic N) is 1. The lowest BCUT2D eigenvalue weighted by Crippen LogP contribution is -2.34. The van der Waals surface area contributed by atoms with E-state index in [9.17, 15) is 14.0 Å². The van der Waals surface area contributed by atoms with Crippen LogP contribution in [-0.4, -0.2) is 17.0 Å². The Bertz CT molecular complexity index is 951. The minimum atomic E-state index is -0.450. The molecule has 3 aromatic rings. The summed E-state index contributed by atoms with van der Waals surface area (Å²) >= 11 is 0. The Hall–Kier alpha value is -3.21. The zero-order chi connectivity index (χ0) is 18.4. The van der Waals surface area contributed by atoms with Gasteiger partial charge in [-0.2, -0.15) is 0 Å². The molecule has 1 heterocycles. The van der Waals surface area contributed by atoms with E-state index in [2.05, 4.69) is 5.32 Å². The monoisotopic (exact) mass is 350 g/mol. The van der Waals surface area contributed by atoms with E-state index in [4.69, 9.17) is 0 Å². The smallest absolute Gasteiger partial charge is 0.263 e. The van der Waals surface area contributed by atoms with Crippen molar-refractivity contribution in [1.29, 1.82) is 0 Å². The number of aromatic nitrogens is 1. The summed E-state index contributed by atoms with van der Waals surface area (Å²) in [6, 6.07) is 19.2. The highest BCUT2D eigenvalue weighted by atomic mass is 19.1. The third-order valence-corrected chi connectivity index (χ3v) is 4.10. The fourth-order valence-electron chi connectivity index (χ4n) is 2.72. The third-order valence-electron chi connectivity index (χ3n) is 4.10. The first-order chi connectivity index (χ1) is 12.6. The summed E-state index contributed by atoms with van der Waals surface area (Å²) in [5.74, 6) is -0.750. The molecule has 1 amide bonds. The maximum atomic E-state index is 13.6. The minimum Gasteiger partial charge on any atom is -0.352 e. The number of carbonyl (C=O) groups is 1. The standard InChI is InChI=1S/C21H19FN2O2/c22-19-11-5-4-9-17(19)12-13-23-20(25)18-10-6-14-24(21(18)26)15-16-7-2-1-3-8-16/h1-11,14H,12-13,15H2,(H,23,25). The van der Waals surface area contributed by atoms with Gasteiger partial charge in [-0.25, -0.2) is 4.39 Å². The molecule has 0 radical (unpaired) electrons. The number of pyridine rings is 1. The molecule has 1 aromatic heterocycles. The van der Waals surface area contributed by atoms with Gasteiger partial charge >= 0.3 is 0 Å². The van der Waals surface area contributed by atoms with Crippen LogP contribution in [0, 0.1) is 5.82 Å². The SMILES string of the molecule is O=C(NCCc1ccccc1F)c1cccn(Cc2ccccc2)c1=O. The van der Waals surface area contributed by atoms with E-state index in [1.165, 1.54) is 16.7 Å². The van der Waals surface area contributed by atoms with E-state index < -0.39 is 5.91 Å². The van der Waals surface area contributed by atoms with Crippen molar-refractivity contribution in [1.82, 2.24) is 9.88 Å². The molecule has 1 N–H and O–H groups in total. The Morgan fingerprint density at radius 2 is 1.69 bits per heavy atom. The molecule has 2 aromatic carbocycles. The first-order valence-electron chi connectivity index (χ1n) is 8.40. The first kappa shape index (κ1) is 17.6. The predicted octanol–water partition coefficient (Wildman–Crippen LogP) is 3.01. The van der Waals surface area contributed by atoms with Gasteiger partial charge in [0.05, 0.1) is 6.54 Å². The maximum Gasteiger partial charge on any atom is 0.263 e. The molecule has 4 nitrogen and oxygen atoms in total. The number of hydrogen-bond acceptors (Lipinski definition) is 2. The molecule has 3 rings (SSSR count). The fourth-order valence-corrected chi connectivity index (χ4v) is 2.72. The van der Waals surface area contributed by atoms with Crippen molar-refractivity contribution in [3.63, 3.8) is 0 Å². The maximum absolute atomic E-state index is 13.6. The van der Waals surface area contributed by atoms with Crippen LogP contribution < -0.4 is 10.9 Å². The van der Waals surface area contributed by atoms with Crippen LogP contribution in [0.25, 0.3) is 0 Å². The second-order valence-electron chi connectivity index (χ2n) is 5.94. The minimum absolute atomic E-state index is 0.0805. The van der Waals surface area contributed by atoms with Gasteiger partial charge in [-0.1, -0.05) is 48.5 Å². The van der Waals surface area contributed by atoms with Gasteiger partial charge in [0.2, 0.25) is 0 Å². The lowest BCUT2D eigenvalue weighted by atomic mass is 10.1. The van der Waals surface area contributed by atoms with Crippen LogP contribution in [0.4, 0.5) is 4.39 Å². The molecule has 0 bridgehead atoms. The Kier molecular flexibility index (Phi) is 5.59. The molecule has 0 unspecified atom stereocenters. The number of rotatable bonds is 6. The molecule has 5 heteroatoms. The predicted molar refractivity (Wildman–Crippen MR) is 98.7 cm³/mol. The summed E-state index contributed by atoms with van der Waals surface area (Å²) in [5, 5.41) is 2.69. The third kappa shape index (κ3) is 4.25. The van der Waals surface area contributed by atoms with Crippen LogP contribution in [0.5, 0.6) is 0 Å². The van der Waals surface area contributed by atoms with E-state index in [0.29, 0.717) is 18.5 Å². The van der Waals surface area contributed by atoms with Crippen molar-refractivity contribution in [3.8, 4) is 0 Å². The summed E-state index contributed by atoms with van der Waals surface area (Å²) in [6.45, 7) is 0.656. The van der Waals surface area contributed by atoms with Gasteiger partial charge in [-0.05, 0) is 35.7 Å². The molecular formula is C21H19FN2O2. The molecule has 0 saturated heterocycles. The van der Waals surface area contributed by atoms with Crippen LogP contribution in [0.2, 0.25) is 0 Å². The normalized spacial score (nSPS) is 10.5. The Morgan fingerprint density at radius 1 is 0.962 bits per heavy atom. The number of hydrogen-bond donors (Lipinski definition) is 1. The van der Waals surface area contributed by atoms with E-state index in [-0.39, 0.29) is 23.5 Å². The number of nitrogens with one attached hydrogen (secondary N) is 1. The van der Waals surface area contributed by atoms with Crippen LogP contribution in [0.1, 0.15) is 21.5 Å². The van der Waals surface area contributed by atoms with Gasteiger partial charge in [0, 0.05) is 12.7 Å². The second kappa shape index (κ2) is 8.25. The Labute approximate surface area is 150 Å². The van der Waals surface area contributed by atoms with Gasteiger partial charge in [-0.15, -0.1) is 0 Å². The van der Waals surface area contributed by atoms with Crippen molar-refractivity contribution in [2.45, 2.75) is 13.0 Å². The lowest BCUT2D eigenvalue weighted by Gasteiger charge is -2.09. The summed E-state index contributed by atoms with van der Waals surface area (Å²) in [4.78, 5) is 24.9. The Morgan fingerprint density at radius 3 is 2.46 bits per heavy atom. The van der Waals surface area contributed by atoms with Crippen LogP contribution in [-0.2, 0) is 13.0 Å². The molecular weight excluding hydrogens is 331 g/mol. The number of halogens is 1. The molecule has 0 aliphatic carbocycles. The highest BCUT2D eigenvalue weighted by Gasteiger charge is 2.12. The van der Waals surface area contributed by atoms with Crippen LogP contribution in [0.15, 0.2) is 77.7 Å². The average molecular weight is 350 g/mol. The highest BCUT2D eigenvalue weighted by Crippen LogP contribution is 2.06. The van der Waals surface area contributed by atoms with Gasteiger partial charge in [-0.3, -0.25) is 9.59 Å². The molecule has 0 fully saturated rings. The molecule has 26 heavy (non-hydrogen) atoms. The van der Waals surface area contributed by atoms with E-state index in [1.54, 1.807) is 30.5 Å². The lowest BCUT2D eigenvalue weighted by molar-refractivity contribution is 0.0952. The van der Waals surface area contributed by atoms with Crippen molar-refractivity contribution in [2.24, 2.45) is 0 Å². The van der Waals surface area contributed by atoms with Gasteiger partial charge in [0.15, 0.2) is 0 Å². The van der Waals surface area contributed by atoms with Crippen LogP contribution >= 0.6 is 0 Å². The molecule has 132 valence electrons. The molecule has 0 atom stereocenters. The summed E-state index contributed by atoms with van der Waals surface area (Å²) < 4.78 is 15.1. The summed E-state index contributed by atoms with van der Waals surface area (Å²) in [7, 11) is 0. The largest absolute Gasteiger partial charge is 0.352 e. The van der Waals surface area contributed by atoms with Crippen molar-refractivity contribution >= 4 is 5.91 Å². The number of benzene rings is 2. The van der Waals surface area contributed by atoms with Crippen molar-refractivity contribution < 1.29 is 9.18 Å². The number of amides is 1. The fraction of sp³-hybridized carbons (Fsp3) is 0.143. The van der Waals surface area contributed by atoms with Gasteiger partial charge in [0.1, 0.15) is 11.4 Å².